The number of carbonyl (C=O) groups is 1. The number of H-pyrrole nitrogens is 1. The van der Waals surface area contributed by atoms with Crippen molar-refractivity contribution >= 4 is 16.8 Å². The van der Waals surface area contributed by atoms with Crippen LogP contribution in [0.25, 0.3) is 10.9 Å². The molecule has 2 aromatic rings. The maximum Gasteiger partial charge on any atom is 0.254 e. The molecule has 0 radical (unpaired) electrons. The Morgan fingerprint density at radius 1 is 1.41 bits per heavy atom. The second-order valence-corrected chi connectivity index (χ2v) is 5.62. The van der Waals surface area contributed by atoms with Crippen molar-refractivity contribution in [2.24, 2.45) is 0 Å². The van der Waals surface area contributed by atoms with Crippen LogP contribution in [0, 0.1) is 5.82 Å². The number of aromatic nitrogens is 1. The molecule has 1 aromatic carbocycles. The first kappa shape index (κ1) is 14.7. The van der Waals surface area contributed by atoms with Gasteiger partial charge in [-0.15, -0.1) is 0 Å². The fraction of sp³-hybridized carbons (Fsp3) is 0.375. The molecule has 0 saturated carbocycles. The van der Waals surface area contributed by atoms with E-state index in [0.29, 0.717) is 24.0 Å². The zero-order valence-corrected chi connectivity index (χ0v) is 12.4. The van der Waals surface area contributed by atoms with Crippen LogP contribution in [0.4, 0.5) is 4.39 Å². The van der Waals surface area contributed by atoms with Crippen molar-refractivity contribution in [3.63, 3.8) is 0 Å². The van der Waals surface area contributed by atoms with E-state index in [1.807, 2.05) is 7.05 Å². The number of piperidine rings is 1. The fourth-order valence-electron chi connectivity index (χ4n) is 2.97. The summed E-state index contributed by atoms with van der Waals surface area (Å²) in [5.74, 6) is -0.651. The molecule has 1 fully saturated rings. The predicted octanol–water partition coefficient (Wildman–Crippen LogP) is 1.49. The minimum Gasteiger partial charge on any atom is -0.337 e. The normalized spacial score (nSPS) is 18.6. The Hall–Kier alpha value is -2.21. The van der Waals surface area contributed by atoms with Gasteiger partial charge in [-0.3, -0.25) is 9.59 Å². The summed E-state index contributed by atoms with van der Waals surface area (Å²) in [4.78, 5) is 28.9. The lowest BCUT2D eigenvalue weighted by atomic mass is 10.0. The summed E-state index contributed by atoms with van der Waals surface area (Å²) in [6.45, 7) is 1.25. The van der Waals surface area contributed by atoms with Crippen LogP contribution in [0.15, 0.2) is 29.1 Å². The number of hydrogen-bond donors (Lipinski definition) is 2. The van der Waals surface area contributed by atoms with E-state index in [-0.39, 0.29) is 23.1 Å². The van der Waals surface area contributed by atoms with Gasteiger partial charge in [0.1, 0.15) is 5.82 Å². The average Bonchev–Trinajstić information content (AvgIpc) is 2.54. The number of aromatic amines is 1. The average molecular weight is 303 g/mol. The highest BCUT2D eigenvalue weighted by Gasteiger charge is 2.25. The molecule has 5 nitrogen and oxygen atoms in total. The van der Waals surface area contributed by atoms with Gasteiger partial charge >= 0.3 is 0 Å². The molecule has 1 unspecified atom stereocenters. The molecule has 116 valence electrons. The van der Waals surface area contributed by atoms with E-state index in [9.17, 15) is 14.0 Å². The largest absolute Gasteiger partial charge is 0.337 e. The number of nitrogens with zero attached hydrogens (tertiary/aromatic N) is 1. The van der Waals surface area contributed by atoms with Crippen LogP contribution in [-0.2, 0) is 0 Å². The number of rotatable bonds is 2. The van der Waals surface area contributed by atoms with E-state index >= 15 is 0 Å². The smallest absolute Gasteiger partial charge is 0.254 e. The quantitative estimate of drug-likeness (QED) is 0.883. The third kappa shape index (κ3) is 2.74. The Kier molecular flexibility index (Phi) is 3.94. The van der Waals surface area contributed by atoms with Gasteiger partial charge in [-0.1, -0.05) is 0 Å². The van der Waals surface area contributed by atoms with Crippen LogP contribution in [0.1, 0.15) is 23.2 Å². The number of likely N-dealkylation sites (N-methyl/N-ethyl adjacent to an activating group) is 1. The third-order valence-electron chi connectivity index (χ3n) is 4.15. The maximum atomic E-state index is 13.5. The molecule has 6 heteroatoms. The topological polar surface area (TPSA) is 65.2 Å². The zero-order chi connectivity index (χ0) is 15.7. The maximum absolute atomic E-state index is 13.5. The van der Waals surface area contributed by atoms with Crippen LogP contribution in [0.2, 0.25) is 0 Å². The number of nitrogens with one attached hydrogen (secondary N) is 2. The van der Waals surface area contributed by atoms with Crippen molar-refractivity contribution in [2.75, 3.05) is 20.1 Å². The number of hydrogen-bond acceptors (Lipinski definition) is 3. The predicted molar refractivity (Wildman–Crippen MR) is 82.5 cm³/mol. The van der Waals surface area contributed by atoms with Gasteiger partial charge in [0, 0.05) is 36.1 Å². The summed E-state index contributed by atoms with van der Waals surface area (Å²) >= 11 is 0. The van der Waals surface area contributed by atoms with Gasteiger partial charge in [0.15, 0.2) is 0 Å². The standard InChI is InChI=1S/C16H18FN3O2/c1-18-11-3-2-6-20(9-11)16(22)13-8-15(21)19-14-5-4-10(17)7-12(13)14/h4-5,7-8,11,18H,2-3,6,9H2,1H3,(H,19,21). The molecule has 1 aromatic heterocycles. The number of carbonyl (C=O) groups excluding carboxylic acids is 1. The molecule has 1 aliphatic heterocycles. The lowest BCUT2D eigenvalue weighted by Crippen LogP contribution is -2.47. The van der Waals surface area contributed by atoms with E-state index in [1.54, 1.807) is 4.90 Å². The van der Waals surface area contributed by atoms with Crippen LogP contribution >= 0.6 is 0 Å². The summed E-state index contributed by atoms with van der Waals surface area (Å²) in [5.41, 5.74) is 0.374. The first-order chi connectivity index (χ1) is 10.6. The van der Waals surface area contributed by atoms with E-state index < -0.39 is 5.82 Å². The monoisotopic (exact) mass is 303 g/mol. The van der Waals surface area contributed by atoms with Crippen molar-refractivity contribution in [1.82, 2.24) is 15.2 Å². The molecule has 1 atom stereocenters. The van der Waals surface area contributed by atoms with Crippen molar-refractivity contribution in [2.45, 2.75) is 18.9 Å². The molecular weight excluding hydrogens is 285 g/mol. The zero-order valence-electron chi connectivity index (χ0n) is 12.4. The van der Waals surface area contributed by atoms with Crippen molar-refractivity contribution in [3.8, 4) is 0 Å². The van der Waals surface area contributed by atoms with Crippen LogP contribution in [0.3, 0.4) is 0 Å². The van der Waals surface area contributed by atoms with Crippen molar-refractivity contribution < 1.29 is 9.18 Å². The Morgan fingerprint density at radius 3 is 3.00 bits per heavy atom. The number of fused-ring (bicyclic) bond motifs is 1. The number of amides is 1. The SMILES string of the molecule is CNC1CCCN(C(=O)c2cc(=O)[nH]c3ccc(F)cc23)C1. The second-order valence-electron chi connectivity index (χ2n) is 5.62. The molecule has 3 rings (SSSR count). The van der Waals surface area contributed by atoms with E-state index in [0.717, 1.165) is 12.8 Å². The number of pyridine rings is 1. The van der Waals surface area contributed by atoms with Gasteiger partial charge in [-0.25, -0.2) is 4.39 Å². The summed E-state index contributed by atoms with van der Waals surface area (Å²) in [7, 11) is 1.87. The Labute approximate surface area is 127 Å². The van der Waals surface area contributed by atoms with Crippen LogP contribution in [0.5, 0.6) is 0 Å². The molecule has 1 aliphatic rings. The molecule has 2 N–H and O–H groups in total. The molecule has 1 amide bonds. The third-order valence-corrected chi connectivity index (χ3v) is 4.15. The van der Waals surface area contributed by atoms with Gasteiger partial charge < -0.3 is 15.2 Å². The van der Waals surface area contributed by atoms with Crippen molar-refractivity contribution in [1.29, 1.82) is 0 Å². The molecule has 2 heterocycles. The number of halogens is 1. The van der Waals surface area contributed by atoms with E-state index in [1.165, 1.54) is 24.3 Å². The molecule has 0 aliphatic carbocycles. The Bertz CT molecular complexity index is 772. The summed E-state index contributed by atoms with van der Waals surface area (Å²) in [6, 6.07) is 5.55. The fourth-order valence-corrected chi connectivity index (χ4v) is 2.97. The van der Waals surface area contributed by atoms with Gasteiger partial charge in [0.2, 0.25) is 5.56 Å². The van der Waals surface area contributed by atoms with Gasteiger partial charge in [0.05, 0.1) is 5.56 Å². The molecule has 22 heavy (non-hydrogen) atoms. The Morgan fingerprint density at radius 2 is 2.23 bits per heavy atom. The molecule has 0 spiro atoms. The molecular formula is C16H18FN3O2. The minimum absolute atomic E-state index is 0.221. The van der Waals surface area contributed by atoms with E-state index in [4.69, 9.17) is 0 Å². The van der Waals surface area contributed by atoms with Crippen molar-refractivity contribution in [3.05, 3.63) is 46.0 Å². The van der Waals surface area contributed by atoms with Gasteiger partial charge in [-0.2, -0.15) is 0 Å². The molecule has 0 bridgehead atoms. The Balaban J connectivity index is 2.03. The lowest BCUT2D eigenvalue weighted by Gasteiger charge is -2.32. The number of benzene rings is 1. The van der Waals surface area contributed by atoms with Crippen LogP contribution < -0.4 is 10.9 Å². The van der Waals surface area contributed by atoms with E-state index in [2.05, 4.69) is 10.3 Å². The second kappa shape index (κ2) is 5.88. The first-order valence-corrected chi connectivity index (χ1v) is 7.37. The minimum atomic E-state index is -0.430. The van der Waals surface area contributed by atoms with Gasteiger partial charge in [0.25, 0.3) is 5.91 Å². The summed E-state index contributed by atoms with van der Waals surface area (Å²) in [6.07, 6.45) is 1.93. The summed E-state index contributed by atoms with van der Waals surface area (Å²) < 4.78 is 13.5. The molecule has 1 saturated heterocycles. The first-order valence-electron chi connectivity index (χ1n) is 7.37. The highest BCUT2D eigenvalue weighted by molar-refractivity contribution is 6.06. The number of likely N-dealkylation sites (tertiary alicyclic amines) is 1. The highest BCUT2D eigenvalue weighted by atomic mass is 19.1. The van der Waals surface area contributed by atoms with Crippen LogP contribution in [-0.4, -0.2) is 42.0 Å². The van der Waals surface area contributed by atoms with Gasteiger partial charge in [-0.05, 0) is 38.1 Å². The lowest BCUT2D eigenvalue weighted by molar-refractivity contribution is 0.0700. The highest BCUT2D eigenvalue weighted by Crippen LogP contribution is 2.20. The summed E-state index contributed by atoms with van der Waals surface area (Å²) in [5, 5.41) is 3.62.